The van der Waals surface area contributed by atoms with Crippen molar-refractivity contribution in [1.29, 1.82) is 0 Å². The van der Waals surface area contributed by atoms with Gasteiger partial charge in [0.05, 0.1) is 6.04 Å². The lowest BCUT2D eigenvalue weighted by atomic mass is 9.95. The van der Waals surface area contributed by atoms with Gasteiger partial charge >= 0.3 is 0 Å². The number of nitrogens with zero attached hydrogens (tertiary/aromatic N) is 1. The number of hydrogen-bond acceptors (Lipinski definition) is 2. The number of carbonyl (C=O) groups excluding carboxylic acids is 2. The number of amides is 2. The molecule has 0 fully saturated rings. The molecule has 1 atom stereocenters. The molecule has 31 heavy (non-hydrogen) atoms. The standard InChI is InChI=1S/C26H23N3O2/c1-16-11-13-18(14-12-16)28-23(30)15-29-25(19-7-3-4-8-20(19)26(29)31)24-17(2)27-22-10-6-5-9-21(22)24/h3-14,25,27H,15H2,1-2H3,(H,28,30). The van der Waals surface area contributed by atoms with Gasteiger partial charge in [0.2, 0.25) is 5.91 Å². The van der Waals surface area contributed by atoms with Gasteiger partial charge in [0, 0.05) is 33.4 Å². The summed E-state index contributed by atoms with van der Waals surface area (Å²) in [5, 5.41) is 3.99. The van der Waals surface area contributed by atoms with E-state index < -0.39 is 0 Å². The first-order valence-electron chi connectivity index (χ1n) is 10.4. The van der Waals surface area contributed by atoms with E-state index in [1.807, 2.05) is 80.6 Å². The molecule has 2 heterocycles. The Labute approximate surface area is 180 Å². The van der Waals surface area contributed by atoms with Crippen LogP contribution in [0.5, 0.6) is 0 Å². The number of aromatic nitrogens is 1. The number of aryl methyl sites for hydroxylation is 2. The molecule has 0 spiro atoms. The number of carbonyl (C=O) groups is 2. The summed E-state index contributed by atoms with van der Waals surface area (Å²) in [4.78, 5) is 31.3. The molecule has 1 unspecified atom stereocenters. The van der Waals surface area contributed by atoms with Crippen molar-refractivity contribution in [3.63, 3.8) is 0 Å². The first-order valence-corrected chi connectivity index (χ1v) is 10.4. The van der Waals surface area contributed by atoms with E-state index in [0.717, 1.165) is 39.0 Å². The van der Waals surface area contributed by atoms with Crippen LogP contribution in [0.1, 0.15) is 38.8 Å². The normalized spacial score (nSPS) is 15.4. The Bertz CT molecular complexity index is 1300. The summed E-state index contributed by atoms with van der Waals surface area (Å²) in [6.45, 7) is 4.00. The van der Waals surface area contributed by atoms with Crippen LogP contribution < -0.4 is 5.32 Å². The van der Waals surface area contributed by atoms with Crippen LogP contribution in [0.2, 0.25) is 0 Å². The molecule has 1 aliphatic rings. The molecule has 0 bridgehead atoms. The van der Waals surface area contributed by atoms with Crippen LogP contribution in [-0.2, 0) is 4.79 Å². The summed E-state index contributed by atoms with van der Waals surface area (Å²) in [7, 11) is 0. The first-order chi connectivity index (χ1) is 15.0. The van der Waals surface area contributed by atoms with Crippen LogP contribution in [-0.4, -0.2) is 28.2 Å². The molecular formula is C26H23N3O2. The average molecular weight is 409 g/mol. The van der Waals surface area contributed by atoms with Gasteiger partial charge in [-0.1, -0.05) is 54.1 Å². The zero-order valence-corrected chi connectivity index (χ0v) is 17.5. The molecule has 154 valence electrons. The second-order valence-electron chi connectivity index (χ2n) is 8.05. The van der Waals surface area contributed by atoms with Gasteiger partial charge in [-0.3, -0.25) is 9.59 Å². The predicted octanol–water partition coefficient (Wildman–Crippen LogP) is 4.97. The molecule has 3 aromatic carbocycles. The molecule has 5 heteroatoms. The number of fused-ring (bicyclic) bond motifs is 2. The van der Waals surface area contributed by atoms with Crippen LogP contribution in [0, 0.1) is 13.8 Å². The van der Waals surface area contributed by atoms with Gasteiger partial charge in [-0.05, 0) is 43.7 Å². The number of H-pyrrole nitrogens is 1. The van der Waals surface area contributed by atoms with Crippen molar-refractivity contribution in [2.24, 2.45) is 0 Å². The Morgan fingerprint density at radius 1 is 0.968 bits per heavy atom. The fourth-order valence-electron chi connectivity index (χ4n) is 4.49. The number of rotatable bonds is 4. The van der Waals surface area contributed by atoms with Gasteiger partial charge in [-0.2, -0.15) is 0 Å². The number of hydrogen-bond donors (Lipinski definition) is 2. The molecule has 0 radical (unpaired) electrons. The van der Waals surface area contributed by atoms with Crippen molar-refractivity contribution >= 4 is 28.4 Å². The smallest absolute Gasteiger partial charge is 0.255 e. The zero-order valence-electron chi connectivity index (χ0n) is 17.5. The molecule has 1 aliphatic heterocycles. The second-order valence-corrected chi connectivity index (χ2v) is 8.05. The zero-order chi connectivity index (χ0) is 21.5. The molecule has 0 saturated carbocycles. The van der Waals surface area contributed by atoms with Crippen molar-refractivity contribution < 1.29 is 9.59 Å². The average Bonchev–Trinajstić information content (AvgIpc) is 3.23. The Morgan fingerprint density at radius 3 is 2.48 bits per heavy atom. The quantitative estimate of drug-likeness (QED) is 0.500. The second kappa shape index (κ2) is 7.43. The van der Waals surface area contributed by atoms with E-state index in [9.17, 15) is 9.59 Å². The van der Waals surface area contributed by atoms with Gasteiger partial charge < -0.3 is 15.2 Å². The van der Waals surface area contributed by atoms with E-state index in [-0.39, 0.29) is 24.4 Å². The molecule has 2 N–H and O–H groups in total. The van der Waals surface area contributed by atoms with Crippen molar-refractivity contribution in [2.75, 3.05) is 11.9 Å². The number of benzene rings is 3. The van der Waals surface area contributed by atoms with Crippen molar-refractivity contribution in [2.45, 2.75) is 19.9 Å². The number of aromatic amines is 1. The summed E-state index contributed by atoms with van der Waals surface area (Å²) in [5.41, 5.74) is 6.49. The molecule has 0 aliphatic carbocycles. The molecule has 4 aromatic rings. The first kappa shape index (κ1) is 19.1. The lowest BCUT2D eigenvalue weighted by Gasteiger charge is -2.25. The highest BCUT2D eigenvalue weighted by molar-refractivity contribution is 6.04. The predicted molar refractivity (Wildman–Crippen MR) is 122 cm³/mol. The summed E-state index contributed by atoms with van der Waals surface area (Å²) >= 11 is 0. The van der Waals surface area contributed by atoms with Crippen LogP contribution >= 0.6 is 0 Å². The Kier molecular flexibility index (Phi) is 4.59. The SMILES string of the molecule is Cc1ccc(NC(=O)CN2C(=O)c3ccccc3C2c2c(C)[nH]c3ccccc23)cc1. The van der Waals surface area contributed by atoms with E-state index in [0.29, 0.717) is 5.56 Å². The van der Waals surface area contributed by atoms with Crippen molar-refractivity contribution in [1.82, 2.24) is 9.88 Å². The molecule has 2 amide bonds. The van der Waals surface area contributed by atoms with Gasteiger partial charge in [0.1, 0.15) is 6.54 Å². The van der Waals surface area contributed by atoms with E-state index in [4.69, 9.17) is 0 Å². The Hall–Kier alpha value is -3.86. The summed E-state index contributed by atoms with van der Waals surface area (Å²) < 4.78 is 0. The van der Waals surface area contributed by atoms with E-state index in [2.05, 4.69) is 16.4 Å². The number of nitrogens with one attached hydrogen (secondary N) is 2. The minimum Gasteiger partial charge on any atom is -0.358 e. The molecule has 5 nitrogen and oxygen atoms in total. The minimum absolute atomic E-state index is 0.0228. The number of para-hydroxylation sites is 1. The van der Waals surface area contributed by atoms with Crippen LogP contribution in [0.25, 0.3) is 10.9 Å². The molecule has 0 saturated heterocycles. The number of anilines is 1. The highest BCUT2D eigenvalue weighted by atomic mass is 16.2. The largest absolute Gasteiger partial charge is 0.358 e. The highest BCUT2D eigenvalue weighted by Crippen LogP contribution is 2.42. The third-order valence-electron chi connectivity index (χ3n) is 5.92. The topological polar surface area (TPSA) is 65.2 Å². The lowest BCUT2D eigenvalue weighted by molar-refractivity contribution is -0.117. The van der Waals surface area contributed by atoms with Crippen LogP contribution in [0.4, 0.5) is 5.69 Å². The monoisotopic (exact) mass is 409 g/mol. The molecular weight excluding hydrogens is 386 g/mol. The van der Waals surface area contributed by atoms with E-state index in [1.54, 1.807) is 4.90 Å². The van der Waals surface area contributed by atoms with Gasteiger partial charge in [0.15, 0.2) is 0 Å². The fraction of sp³-hybridized carbons (Fsp3) is 0.154. The minimum atomic E-state index is -0.316. The van der Waals surface area contributed by atoms with Crippen LogP contribution in [0.15, 0.2) is 72.8 Å². The maximum atomic E-state index is 13.3. The highest BCUT2D eigenvalue weighted by Gasteiger charge is 2.40. The fourth-order valence-corrected chi connectivity index (χ4v) is 4.49. The summed E-state index contributed by atoms with van der Waals surface area (Å²) in [6.07, 6.45) is 0. The molecule has 5 rings (SSSR count). The van der Waals surface area contributed by atoms with E-state index in [1.165, 1.54) is 0 Å². The lowest BCUT2D eigenvalue weighted by Crippen LogP contribution is -2.36. The van der Waals surface area contributed by atoms with Gasteiger partial charge in [-0.15, -0.1) is 0 Å². The summed E-state index contributed by atoms with van der Waals surface area (Å²) in [5.74, 6) is -0.336. The molecule has 1 aromatic heterocycles. The van der Waals surface area contributed by atoms with Gasteiger partial charge in [0.25, 0.3) is 5.91 Å². The van der Waals surface area contributed by atoms with Crippen molar-refractivity contribution in [3.8, 4) is 0 Å². The van der Waals surface area contributed by atoms with Crippen LogP contribution in [0.3, 0.4) is 0 Å². The van der Waals surface area contributed by atoms with E-state index >= 15 is 0 Å². The van der Waals surface area contributed by atoms with Gasteiger partial charge in [-0.25, -0.2) is 0 Å². The van der Waals surface area contributed by atoms with Crippen molar-refractivity contribution in [3.05, 3.63) is 101 Å². The Morgan fingerprint density at radius 2 is 1.68 bits per heavy atom. The maximum Gasteiger partial charge on any atom is 0.255 e. The summed E-state index contributed by atoms with van der Waals surface area (Å²) in [6, 6.07) is 23.0. The Balaban J connectivity index is 1.54. The third kappa shape index (κ3) is 3.28. The third-order valence-corrected chi connectivity index (χ3v) is 5.92. The maximum absolute atomic E-state index is 13.3.